The van der Waals surface area contributed by atoms with Gasteiger partial charge in [0.2, 0.25) is 0 Å². The summed E-state index contributed by atoms with van der Waals surface area (Å²) < 4.78 is 16.4. The maximum absolute atomic E-state index is 13.4. The molecule has 2 aliphatic rings. The van der Waals surface area contributed by atoms with E-state index in [4.69, 9.17) is 19.2 Å². The van der Waals surface area contributed by atoms with Gasteiger partial charge in [-0.2, -0.15) is 0 Å². The van der Waals surface area contributed by atoms with Gasteiger partial charge < -0.3 is 24.4 Å². The lowest BCUT2D eigenvalue weighted by molar-refractivity contribution is -0.146. The summed E-state index contributed by atoms with van der Waals surface area (Å²) in [5.74, 6) is 1.57. The number of rotatable bonds is 11. The van der Waals surface area contributed by atoms with Crippen molar-refractivity contribution in [3.05, 3.63) is 97.1 Å². The Morgan fingerprint density at radius 3 is 2.53 bits per heavy atom. The highest BCUT2D eigenvalue weighted by Crippen LogP contribution is 2.51. The van der Waals surface area contributed by atoms with Crippen molar-refractivity contribution in [2.45, 2.75) is 31.1 Å². The van der Waals surface area contributed by atoms with E-state index >= 15 is 0 Å². The topological polar surface area (TPSA) is 107 Å². The van der Waals surface area contributed by atoms with Crippen molar-refractivity contribution in [2.24, 2.45) is 11.8 Å². The van der Waals surface area contributed by atoms with Crippen LogP contribution >= 0.6 is 11.8 Å². The number of hydrogen-bond donors (Lipinski definition) is 1. The quantitative estimate of drug-likeness (QED) is 0.134. The molecule has 0 aliphatic carbocycles. The maximum Gasteiger partial charge on any atom is 0.303 e. The van der Waals surface area contributed by atoms with E-state index in [0.717, 1.165) is 57.8 Å². The van der Waals surface area contributed by atoms with Crippen LogP contribution in [0.3, 0.4) is 0 Å². The maximum atomic E-state index is 13.4. The number of piperidine rings is 1. The van der Waals surface area contributed by atoms with Crippen LogP contribution in [0.1, 0.15) is 30.6 Å². The lowest BCUT2D eigenvalue weighted by atomic mass is 9.79. The van der Waals surface area contributed by atoms with Crippen LogP contribution in [0.25, 0.3) is 22.2 Å². The lowest BCUT2D eigenvalue weighted by Gasteiger charge is -2.39. The Morgan fingerprint density at radius 1 is 1.06 bits per heavy atom. The number of thioether (sulfide) groups is 1. The van der Waals surface area contributed by atoms with E-state index in [1.807, 2.05) is 83.8 Å². The minimum Gasteiger partial charge on any atom is -0.497 e. The second-order valence-electron chi connectivity index (χ2n) is 11.8. The van der Waals surface area contributed by atoms with Crippen molar-refractivity contribution in [3.63, 3.8) is 0 Å². The van der Waals surface area contributed by atoms with Gasteiger partial charge in [-0.15, -0.1) is 6.58 Å². The van der Waals surface area contributed by atoms with Crippen molar-refractivity contribution in [2.75, 3.05) is 26.8 Å². The Bertz CT molecular complexity index is 1780. The molecule has 9 nitrogen and oxygen atoms in total. The SMILES string of the molecule is C=C[C@@H](CNC(=O)COC(C)=O)[C@H]1CCN2C(=O)S[C@H](c3cc(-c4ccc(Oc5ccccc5)cc4)nc4ccc(OC)cc34)[C@@H]2C1. The molecule has 242 valence electrons. The van der Waals surface area contributed by atoms with E-state index in [-0.39, 0.29) is 40.9 Å². The zero-order valence-corrected chi connectivity index (χ0v) is 27.2. The average Bonchev–Trinajstić information content (AvgIpc) is 3.42. The van der Waals surface area contributed by atoms with E-state index < -0.39 is 5.97 Å². The third-order valence-corrected chi connectivity index (χ3v) is 10.1. The number of carbonyl (C=O) groups excluding carboxylic acids is 3. The first-order valence-electron chi connectivity index (χ1n) is 15.6. The van der Waals surface area contributed by atoms with E-state index in [0.29, 0.717) is 13.1 Å². The first-order valence-corrected chi connectivity index (χ1v) is 16.5. The molecule has 2 fully saturated rings. The van der Waals surface area contributed by atoms with Gasteiger partial charge in [0, 0.05) is 37.0 Å². The van der Waals surface area contributed by atoms with Gasteiger partial charge in [-0.05, 0) is 90.9 Å². The minimum atomic E-state index is -0.499. The summed E-state index contributed by atoms with van der Waals surface area (Å²) in [4.78, 5) is 43.7. The molecule has 0 bridgehead atoms. The predicted molar refractivity (Wildman–Crippen MR) is 183 cm³/mol. The lowest BCUT2D eigenvalue weighted by Crippen LogP contribution is -2.45. The summed E-state index contributed by atoms with van der Waals surface area (Å²) in [5.41, 5.74) is 3.60. The Hall–Kier alpha value is -4.83. The molecule has 10 heteroatoms. The van der Waals surface area contributed by atoms with E-state index in [9.17, 15) is 14.4 Å². The fourth-order valence-corrected chi connectivity index (χ4v) is 7.72. The molecular weight excluding hydrogens is 614 g/mol. The normalized spacial score (nSPS) is 19.5. The van der Waals surface area contributed by atoms with Crippen molar-refractivity contribution < 1.29 is 28.6 Å². The molecule has 2 aliphatic heterocycles. The van der Waals surface area contributed by atoms with Crippen LogP contribution in [0.15, 0.2) is 91.5 Å². The fourth-order valence-electron chi connectivity index (χ4n) is 6.41. The number of para-hydroxylation sites is 1. The van der Waals surface area contributed by atoms with Crippen LogP contribution in [-0.2, 0) is 14.3 Å². The summed E-state index contributed by atoms with van der Waals surface area (Å²) in [6, 6.07) is 25.4. The highest BCUT2D eigenvalue weighted by Gasteiger charge is 2.46. The van der Waals surface area contributed by atoms with Crippen molar-refractivity contribution in [1.82, 2.24) is 15.2 Å². The number of benzene rings is 3. The largest absolute Gasteiger partial charge is 0.497 e. The first-order chi connectivity index (χ1) is 22.8. The molecule has 3 heterocycles. The van der Waals surface area contributed by atoms with Gasteiger partial charge >= 0.3 is 5.97 Å². The number of hydrogen-bond acceptors (Lipinski definition) is 8. The standard InChI is InChI=1S/C37H37N3O6S/c1-4-24(21-38-35(42)22-45-23(2)41)26-16-17-40-34(18-26)36(47-37(40)43)31-20-33(39-32-15-14-29(44-3)19-30(31)32)25-10-12-28(13-11-25)46-27-8-6-5-7-9-27/h4-15,19-20,24,26,34,36H,1,16-18,21-22H2,2-3H3,(H,38,42)/t24-,26-,34-,36+/m0/s1. The first kappa shape index (κ1) is 32.1. The summed E-state index contributed by atoms with van der Waals surface area (Å²) >= 11 is 1.36. The zero-order chi connectivity index (χ0) is 32.9. The van der Waals surface area contributed by atoms with Gasteiger partial charge in [-0.1, -0.05) is 36.0 Å². The Labute approximate surface area is 278 Å². The smallest absolute Gasteiger partial charge is 0.303 e. The molecule has 2 saturated heterocycles. The van der Waals surface area contributed by atoms with E-state index in [1.165, 1.54) is 18.7 Å². The molecule has 1 N–H and O–H groups in total. The van der Waals surface area contributed by atoms with Gasteiger partial charge in [0.25, 0.3) is 11.1 Å². The van der Waals surface area contributed by atoms with E-state index in [2.05, 4.69) is 18.0 Å². The van der Waals surface area contributed by atoms with Gasteiger partial charge in [-0.3, -0.25) is 14.4 Å². The molecule has 2 amide bonds. The van der Waals surface area contributed by atoms with Crippen molar-refractivity contribution in [1.29, 1.82) is 0 Å². The van der Waals surface area contributed by atoms with Crippen LogP contribution in [-0.4, -0.2) is 59.8 Å². The molecule has 47 heavy (non-hydrogen) atoms. The van der Waals surface area contributed by atoms with Gasteiger partial charge in [0.05, 0.1) is 23.6 Å². The molecule has 0 saturated carbocycles. The monoisotopic (exact) mass is 651 g/mol. The molecule has 4 aromatic rings. The predicted octanol–water partition coefficient (Wildman–Crippen LogP) is 7.17. The van der Waals surface area contributed by atoms with Crippen molar-refractivity contribution >= 4 is 39.8 Å². The highest BCUT2D eigenvalue weighted by molar-refractivity contribution is 8.14. The van der Waals surface area contributed by atoms with Crippen LogP contribution in [0.2, 0.25) is 0 Å². The number of pyridine rings is 1. The molecule has 3 aromatic carbocycles. The summed E-state index contributed by atoms with van der Waals surface area (Å²) in [6.45, 7) is 6.03. The number of nitrogens with zero attached hydrogens (tertiary/aromatic N) is 2. The Balaban J connectivity index is 1.28. The molecule has 4 atom stereocenters. The Morgan fingerprint density at radius 2 is 1.81 bits per heavy atom. The number of amides is 2. The molecular formula is C37H37N3O6S. The number of carbonyl (C=O) groups is 3. The Kier molecular flexibility index (Phi) is 9.77. The average molecular weight is 652 g/mol. The van der Waals surface area contributed by atoms with Gasteiger partial charge in [-0.25, -0.2) is 4.98 Å². The molecule has 6 rings (SSSR count). The molecule has 0 unspecified atom stereocenters. The van der Waals surface area contributed by atoms with Gasteiger partial charge in [0.15, 0.2) is 6.61 Å². The number of fused-ring (bicyclic) bond motifs is 2. The summed E-state index contributed by atoms with van der Waals surface area (Å²) in [5, 5.41) is 3.76. The number of methoxy groups -OCH3 is 1. The van der Waals surface area contributed by atoms with Crippen LogP contribution in [0.4, 0.5) is 4.79 Å². The third-order valence-electron chi connectivity index (χ3n) is 8.83. The van der Waals surface area contributed by atoms with Crippen LogP contribution in [0, 0.1) is 11.8 Å². The number of nitrogens with one attached hydrogen (secondary N) is 1. The number of esters is 1. The fraction of sp³-hybridized carbons (Fsp3) is 0.297. The number of aromatic nitrogens is 1. The van der Waals surface area contributed by atoms with Gasteiger partial charge in [0.1, 0.15) is 17.2 Å². The molecule has 1 aromatic heterocycles. The van der Waals surface area contributed by atoms with Crippen molar-refractivity contribution in [3.8, 4) is 28.5 Å². The van der Waals surface area contributed by atoms with Crippen LogP contribution < -0.4 is 14.8 Å². The number of ether oxygens (including phenoxy) is 3. The summed E-state index contributed by atoms with van der Waals surface area (Å²) in [6.07, 6.45) is 3.44. The zero-order valence-electron chi connectivity index (χ0n) is 26.4. The second-order valence-corrected chi connectivity index (χ2v) is 12.8. The third kappa shape index (κ3) is 7.28. The highest BCUT2D eigenvalue weighted by atomic mass is 32.2. The van der Waals surface area contributed by atoms with Crippen LogP contribution in [0.5, 0.6) is 17.2 Å². The molecule has 0 radical (unpaired) electrons. The second kappa shape index (κ2) is 14.3. The van der Waals surface area contributed by atoms with E-state index in [1.54, 1.807) is 7.11 Å². The summed E-state index contributed by atoms with van der Waals surface area (Å²) in [7, 11) is 1.64. The minimum absolute atomic E-state index is 0.00115. The molecule has 0 spiro atoms.